The van der Waals surface area contributed by atoms with E-state index < -0.39 is 0 Å². The summed E-state index contributed by atoms with van der Waals surface area (Å²) in [6.45, 7) is 6.85. The monoisotopic (exact) mass is 356 g/mol. The molecule has 2 aliphatic rings. The second-order valence-electron chi connectivity index (χ2n) is 6.64. The van der Waals surface area contributed by atoms with Gasteiger partial charge in [0.05, 0.1) is 0 Å². The van der Waals surface area contributed by atoms with Crippen molar-refractivity contribution >= 4 is 22.6 Å². The van der Waals surface area contributed by atoms with E-state index in [0.29, 0.717) is 15.9 Å². The Morgan fingerprint density at radius 1 is 1.22 bits per heavy atom. The fraction of sp³-hybridized carbons (Fsp3) is 0.625. The molecule has 3 unspecified atom stereocenters. The van der Waals surface area contributed by atoms with E-state index in [0.717, 1.165) is 5.75 Å². The summed E-state index contributed by atoms with van der Waals surface area (Å²) in [6, 6.07) is 6.82. The van der Waals surface area contributed by atoms with Crippen molar-refractivity contribution in [2.75, 3.05) is 0 Å². The van der Waals surface area contributed by atoms with E-state index in [1.54, 1.807) is 0 Å². The first kappa shape index (κ1) is 12.8. The van der Waals surface area contributed by atoms with Crippen LogP contribution in [-0.2, 0) is 5.41 Å². The van der Waals surface area contributed by atoms with Crippen molar-refractivity contribution < 1.29 is 4.74 Å². The van der Waals surface area contributed by atoms with Gasteiger partial charge in [-0.05, 0) is 29.9 Å². The molecule has 1 aliphatic heterocycles. The van der Waals surface area contributed by atoms with Crippen LogP contribution in [0.4, 0.5) is 0 Å². The van der Waals surface area contributed by atoms with Crippen LogP contribution in [0.1, 0.15) is 57.1 Å². The minimum Gasteiger partial charge on any atom is -0.488 e. The molecule has 0 saturated heterocycles. The fourth-order valence-corrected chi connectivity index (χ4v) is 4.25. The van der Waals surface area contributed by atoms with Gasteiger partial charge in [0, 0.05) is 15.4 Å². The average Bonchev–Trinajstić information content (AvgIpc) is 2.67. The number of ether oxygens (including phenoxy) is 1. The summed E-state index contributed by atoms with van der Waals surface area (Å²) in [7, 11) is 0. The Morgan fingerprint density at radius 2 is 2.00 bits per heavy atom. The molecule has 2 heteroatoms. The highest BCUT2D eigenvalue weighted by atomic mass is 127. The number of alkyl halides is 1. The van der Waals surface area contributed by atoms with E-state index >= 15 is 0 Å². The van der Waals surface area contributed by atoms with Crippen LogP contribution in [0.3, 0.4) is 0 Å². The highest BCUT2D eigenvalue weighted by molar-refractivity contribution is 14.1. The first-order chi connectivity index (χ1) is 8.47. The molecule has 1 aliphatic carbocycles. The molecule has 1 fully saturated rings. The summed E-state index contributed by atoms with van der Waals surface area (Å²) < 4.78 is 6.86. The van der Waals surface area contributed by atoms with Crippen molar-refractivity contribution in [3.05, 3.63) is 29.3 Å². The summed E-state index contributed by atoms with van der Waals surface area (Å²) in [6.07, 6.45) is 4.37. The van der Waals surface area contributed by atoms with Crippen LogP contribution in [0.25, 0.3) is 0 Å². The molecule has 0 N–H and O–H groups in total. The van der Waals surface area contributed by atoms with Crippen LogP contribution in [0, 0.1) is 0 Å². The SMILES string of the molecule is CC(C)(C)c1ccc2c(c1)C1CCCC(I)C1O2. The minimum atomic E-state index is 0.228. The highest BCUT2D eigenvalue weighted by Crippen LogP contribution is 2.48. The van der Waals surface area contributed by atoms with E-state index in [4.69, 9.17) is 4.74 Å². The van der Waals surface area contributed by atoms with Gasteiger partial charge in [0.2, 0.25) is 0 Å². The lowest BCUT2D eigenvalue weighted by atomic mass is 9.80. The first-order valence-corrected chi connectivity index (χ1v) is 8.16. The van der Waals surface area contributed by atoms with E-state index in [1.807, 2.05) is 0 Å². The van der Waals surface area contributed by atoms with Crippen LogP contribution in [0.15, 0.2) is 18.2 Å². The Balaban J connectivity index is 1.99. The lowest BCUT2D eigenvalue weighted by Gasteiger charge is -2.29. The van der Waals surface area contributed by atoms with Gasteiger partial charge in [-0.15, -0.1) is 0 Å². The average molecular weight is 356 g/mol. The molecule has 1 saturated carbocycles. The molecule has 98 valence electrons. The van der Waals surface area contributed by atoms with Crippen LogP contribution >= 0.6 is 22.6 Å². The molecule has 0 radical (unpaired) electrons. The molecular formula is C16H21IO. The largest absolute Gasteiger partial charge is 0.488 e. The lowest BCUT2D eigenvalue weighted by Crippen LogP contribution is -2.32. The maximum Gasteiger partial charge on any atom is 0.123 e. The second kappa shape index (κ2) is 4.39. The summed E-state index contributed by atoms with van der Waals surface area (Å²) >= 11 is 2.57. The molecule has 1 aromatic carbocycles. The minimum absolute atomic E-state index is 0.228. The van der Waals surface area contributed by atoms with Gasteiger partial charge in [-0.2, -0.15) is 0 Å². The number of fused-ring (bicyclic) bond motifs is 3. The van der Waals surface area contributed by atoms with E-state index in [1.165, 1.54) is 30.4 Å². The smallest absolute Gasteiger partial charge is 0.123 e. The molecule has 18 heavy (non-hydrogen) atoms. The summed E-state index contributed by atoms with van der Waals surface area (Å²) in [4.78, 5) is 0. The van der Waals surface area contributed by atoms with Gasteiger partial charge < -0.3 is 4.74 Å². The van der Waals surface area contributed by atoms with Crippen LogP contribution in [-0.4, -0.2) is 10.0 Å². The number of rotatable bonds is 0. The van der Waals surface area contributed by atoms with Gasteiger partial charge in [0.25, 0.3) is 0 Å². The Bertz CT molecular complexity index is 461. The van der Waals surface area contributed by atoms with Crippen LogP contribution < -0.4 is 4.74 Å². The Labute approximate surface area is 123 Å². The number of halogens is 1. The summed E-state index contributed by atoms with van der Waals surface area (Å²) in [5, 5.41) is 0. The van der Waals surface area contributed by atoms with Gasteiger partial charge in [-0.3, -0.25) is 0 Å². The van der Waals surface area contributed by atoms with Crippen molar-refractivity contribution in [2.45, 2.75) is 61.4 Å². The van der Waals surface area contributed by atoms with Crippen LogP contribution in [0.2, 0.25) is 0 Å². The van der Waals surface area contributed by atoms with Crippen molar-refractivity contribution in [1.82, 2.24) is 0 Å². The molecule has 0 amide bonds. The van der Waals surface area contributed by atoms with Crippen LogP contribution in [0.5, 0.6) is 5.75 Å². The maximum atomic E-state index is 6.18. The zero-order chi connectivity index (χ0) is 12.9. The van der Waals surface area contributed by atoms with Crippen molar-refractivity contribution in [3.63, 3.8) is 0 Å². The normalized spacial score (nSPS) is 30.6. The first-order valence-electron chi connectivity index (χ1n) is 6.92. The standard InChI is InChI=1S/C16H21IO/c1-16(2,3)10-7-8-14-12(9-10)11-5-4-6-13(17)15(11)18-14/h7-9,11,13,15H,4-6H2,1-3H3. The molecule has 1 heterocycles. The molecule has 1 nitrogen and oxygen atoms in total. The lowest BCUT2D eigenvalue weighted by molar-refractivity contribution is 0.176. The summed E-state index contributed by atoms with van der Waals surface area (Å²) in [5.41, 5.74) is 3.13. The van der Waals surface area contributed by atoms with Gasteiger partial charge in [0.15, 0.2) is 0 Å². The Hall–Kier alpha value is -0.250. The molecular weight excluding hydrogens is 335 g/mol. The zero-order valence-electron chi connectivity index (χ0n) is 11.4. The van der Waals surface area contributed by atoms with E-state index in [2.05, 4.69) is 61.6 Å². The molecule has 0 spiro atoms. The second-order valence-corrected chi connectivity index (χ2v) is 8.24. The molecule has 1 aromatic rings. The Morgan fingerprint density at radius 3 is 2.72 bits per heavy atom. The topological polar surface area (TPSA) is 9.23 Å². The molecule has 0 bridgehead atoms. The molecule has 3 rings (SSSR count). The van der Waals surface area contributed by atoms with Gasteiger partial charge in [0.1, 0.15) is 11.9 Å². The maximum absolute atomic E-state index is 6.18. The van der Waals surface area contributed by atoms with Crippen molar-refractivity contribution in [3.8, 4) is 5.75 Å². The summed E-state index contributed by atoms with van der Waals surface area (Å²) in [5.74, 6) is 1.78. The van der Waals surface area contributed by atoms with E-state index in [-0.39, 0.29) is 5.41 Å². The third-order valence-electron chi connectivity index (χ3n) is 4.29. The predicted octanol–water partition coefficient (Wildman–Crippen LogP) is 4.82. The van der Waals surface area contributed by atoms with Gasteiger partial charge >= 0.3 is 0 Å². The highest BCUT2D eigenvalue weighted by Gasteiger charge is 2.41. The number of benzene rings is 1. The van der Waals surface area contributed by atoms with Crippen molar-refractivity contribution in [2.24, 2.45) is 0 Å². The third kappa shape index (κ3) is 2.06. The number of hydrogen-bond donors (Lipinski definition) is 0. The Kier molecular flexibility index (Phi) is 3.12. The van der Waals surface area contributed by atoms with Gasteiger partial charge in [-0.25, -0.2) is 0 Å². The zero-order valence-corrected chi connectivity index (χ0v) is 13.5. The third-order valence-corrected chi connectivity index (χ3v) is 5.62. The quantitative estimate of drug-likeness (QED) is 0.479. The number of hydrogen-bond acceptors (Lipinski definition) is 1. The van der Waals surface area contributed by atoms with Gasteiger partial charge in [-0.1, -0.05) is 61.9 Å². The van der Waals surface area contributed by atoms with E-state index in [9.17, 15) is 0 Å². The molecule has 0 aromatic heterocycles. The molecule has 3 atom stereocenters. The fourth-order valence-electron chi connectivity index (χ4n) is 3.16. The predicted molar refractivity (Wildman–Crippen MR) is 84.0 cm³/mol. The van der Waals surface area contributed by atoms with Crippen molar-refractivity contribution in [1.29, 1.82) is 0 Å².